The summed E-state index contributed by atoms with van der Waals surface area (Å²) >= 11 is 0. The van der Waals surface area contributed by atoms with Gasteiger partial charge in [-0.25, -0.2) is 4.79 Å². The van der Waals surface area contributed by atoms with E-state index >= 15 is 0 Å². The van der Waals surface area contributed by atoms with Gasteiger partial charge in [-0.05, 0) is 61.6 Å². The van der Waals surface area contributed by atoms with Crippen molar-refractivity contribution in [3.05, 3.63) is 29.8 Å². The van der Waals surface area contributed by atoms with Gasteiger partial charge in [0.25, 0.3) is 0 Å². The van der Waals surface area contributed by atoms with E-state index in [2.05, 4.69) is 25.2 Å². The number of benzene rings is 1. The van der Waals surface area contributed by atoms with Crippen molar-refractivity contribution in [3.63, 3.8) is 0 Å². The highest BCUT2D eigenvalue weighted by Crippen LogP contribution is 2.73. The number of amides is 1. The first-order valence-corrected chi connectivity index (χ1v) is 11.4. The normalized spacial score (nSPS) is 40.2. The molecule has 0 unspecified atom stereocenters. The van der Waals surface area contributed by atoms with Gasteiger partial charge in [-0.1, -0.05) is 19.9 Å². The van der Waals surface area contributed by atoms with Crippen LogP contribution in [-0.4, -0.2) is 44.7 Å². The lowest BCUT2D eigenvalue weighted by atomic mass is 9.49. The molecular formula is C25H29NO7. The Kier molecular flexibility index (Phi) is 4.54. The molecule has 5 aliphatic rings. The molecule has 2 saturated heterocycles. The van der Waals surface area contributed by atoms with Crippen molar-refractivity contribution in [2.45, 2.75) is 58.2 Å². The van der Waals surface area contributed by atoms with E-state index in [1.807, 2.05) is 6.92 Å². The lowest BCUT2D eigenvalue weighted by Gasteiger charge is -2.56. The molecule has 4 fully saturated rings. The van der Waals surface area contributed by atoms with Crippen molar-refractivity contribution in [1.82, 2.24) is 0 Å². The summed E-state index contributed by atoms with van der Waals surface area (Å²) in [5, 5.41) is 31.8. The Morgan fingerprint density at radius 2 is 1.97 bits per heavy atom. The maximum atomic E-state index is 13.2. The third-order valence-electron chi connectivity index (χ3n) is 8.91. The first-order chi connectivity index (χ1) is 15.4. The van der Waals surface area contributed by atoms with Gasteiger partial charge in [0.2, 0.25) is 5.91 Å². The third-order valence-corrected chi connectivity index (χ3v) is 8.91. The number of hydrogen-bond donors (Lipinski definition) is 4. The highest BCUT2D eigenvalue weighted by Gasteiger charge is 2.73. The van der Waals surface area contributed by atoms with E-state index in [-0.39, 0.29) is 47.4 Å². The van der Waals surface area contributed by atoms with Crippen LogP contribution in [0.15, 0.2) is 24.3 Å². The van der Waals surface area contributed by atoms with Crippen molar-refractivity contribution in [1.29, 1.82) is 0 Å². The zero-order chi connectivity index (χ0) is 23.9. The molecule has 1 amide bonds. The number of aromatic carboxylic acids is 1. The maximum Gasteiger partial charge on any atom is 0.339 e. The number of phenols is 2. The van der Waals surface area contributed by atoms with E-state index in [4.69, 9.17) is 4.74 Å². The maximum absolute atomic E-state index is 13.2. The Balaban J connectivity index is 1.38. The van der Waals surface area contributed by atoms with Crippen molar-refractivity contribution in [2.75, 3.05) is 5.32 Å². The molecule has 4 bridgehead atoms. The molecule has 6 rings (SSSR count). The van der Waals surface area contributed by atoms with Gasteiger partial charge in [0.15, 0.2) is 11.5 Å². The van der Waals surface area contributed by atoms with Crippen molar-refractivity contribution in [2.24, 2.45) is 28.6 Å². The number of hydrogen-bond acceptors (Lipinski definition) is 6. The zero-order valence-electron chi connectivity index (χ0n) is 18.9. The fourth-order valence-corrected chi connectivity index (χ4v) is 7.48. The largest absolute Gasteiger partial charge is 0.506 e. The van der Waals surface area contributed by atoms with Crippen LogP contribution in [0.5, 0.6) is 11.5 Å². The Morgan fingerprint density at radius 3 is 2.64 bits per heavy atom. The van der Waals surface area contributed by atoms with Gasteiger partial charge in [-0.3, -0.25) is 9.59 Å². The lowest BCUT2D eigenvalue weighted by Crippen LogP contribution is -2.58. The van der Waals surface area contributed by atoms with Gasteiger partial charge < -0.3 is 25.4 Å². The molecule has 1 aromatic rings. The summed E-state index contributed by atoms with van der Waals surface area (Å²) < 4.78 is 6.52. The van der Waals surface area contributed by atoms with Gasteiger partial charge in [-0.15, -0.1) is 0 Å². The number of carboxylic acids is 1. The Morgan fingerprint density at radius 1 is 1.24 bits per heavy atom. The zero-order valence-corrected chi connectivity index (χ0v) is 18.9. The molecule has 0 aromatic heterocycles. The minimum Gasteiger partial charge on any atom is -0.506 e. The van der Waals surface area contributed by atoms with Crippen LogP contribution < -0.4 is 5.32 Å². The second-order valence-electron chi connectivity index (χ2n) is 10.8. The first kappa shape index (κ1) is 21.9. The highest BCUT2D eigenvalue weighted by molar-refractivity contribution is 6.00. The predicted molar refractivity (Wildman–Crippen MR) is 118 cm³/mol. The minimum absolute atomic E-state index is 0.0146. The number of aromatic hydroxyl groups is 2. The Bertz CT molecular complexity index is 1110. The first-order valence-electron chi connectivity index (χ1n) is 11.4. The molecule has 7 atom stereocenters. The van der Waals surface area contributed by atoms with Gasteiger partial charge in [-0.2, -0.15) is 0 Å². The smallest absolute Gasteiger partial charge is 0.339 e. The molecule has 33 heavy (non-hydrogen) atoms. The van der Waals surface area contributed by atoms with Crippen LogP contribution in [0.3, 0.4) is 0 Å². The molecule has 0 radical (unpaired) electrons. The molecule has 4 N–H and O–H groups in total. The number of carbonyl (C=O) groups excluding carboxylic acids is 2. The second kappa shape index (κ2) is 6.82. The number of anilines is 1. The highest BCUT2D eigenvalue weighted by atomic mass is 16.5. The monoisotopic (exact) mass is 455 g/mol. The summed E-state index contributed by atoms with van der Waals surface area (Å²) in [6.07, 6.45) is 5.86. The summed E-state index contributed by atoms with van der Waals surface area (Å²) in [5.41, 5.74) is -1.82. The summed E-state index contributed by atoms with van der Waals surface area (Å²) in [7, 11) is 0. The number of ether oxygens (including phenoxy) is 1. The minimum atomic E-state index is -1.38. The second-order valence-corrected chi connectivity index (χ2v) is 10.8. The lowest BCUT2D eigenvalue weighted by molar-refractivity contribution is -0.174. The number of carbonyl (C=O) groups is 3. The molecule has 2 saturated carbocycles. The number of phenolic OH excluding ortho intramolecular Hbond substituents is 1. The van der Waals surface area contributed by atoms with E-state index in [1.54, 1.807) is 6.08 Å². The van der Waals surface area contributed by atoms with Crippen LogP contribution in [0.4, 0.5) is 5.69 Å². The number of ketones is 1. The van der Waals surface area contributed by atoms with Crippen LogP contribution in [0.1, 0.15) is 56.8 Å². The van der Waals surface area contributed by atoms with E-state index in [1.165, 1.54) is 0 Å². The average Bonchev–Trinajstić information content (AvgIpc) is 3.08. The summed E-state index contributed by atoms with van der Waals surface area (Å²) in [4.78, 5) is 37.2. The van der Waals surface area contributed by atoms with E-state index in [0.29, 0.717) is 11.8 Å². The number of nitrogens with one attached hydrogen (secondary N) is 1. The number of rotatable bonds is 5. The van der Waals surface area contributed by atoms with Crippen molar-refractivity contribution in [3.8, 4) is 11.5 Å². The summed E-state index contributed by atoms with van der Waals surface area (Å²) in [6, 6.07) is 2.16. The van der Waals surface area contributed by atoms with Crippen LogP contribution in [0.25, 0.3) is 0 Å². The molecule has 1 spiro atoms. The Hall–Kier alpha value is -2.87. The molecule has 2 aliphatic heterocycles. The van der Waals surface area contributed by atoms with Crippen LogP contribution in [0, 0.1) is 28.6 Å². The van der Waals surface area contributed by atoms with E-state index < -0.39 is 34.4 Å². The van der Waals surface area contributed by atoms with Gasteiger partial charge in [0.05, 0.1) is 11.7 Å². The number of allylic oxidation sites excluding steroid dienone is 2. The fraction of sp³-hybridized carbons (Fsp3) is 0.560. The topological polar surface area (TPSA) is 133 Å². The molecule has 3 aliphatic carbocycles. The average molecular weight is 456 g/mol. The summed E-state index contributed by atoms with van der Waals surface area (Å²) in [6.45, 7) is 6.30. The molecule has 1 aromatic carbocycles. The van der Waals surface area contributed by atoms with Crippen LogP contribution in [-0.2, 0) is 14.3 Å². The van der Waals surface area contributed by atoms with E-state index in [9.17, 15) is 29.7 Å². The van der Waals surface area contributed by atoms with Gasteiger partial charge >= 0.3 is 5.97 Å². The van der Waals surface area contributed by atoms with Gasteiger partial charge in [0, 0.05) is 17.8 Å². The predicted octanol–water partition coefficient (Wildman–Crippen LogP) is 3.48. The van der Waals surface area contributed by atoms with Crippen molar-refractivity contribution < 1.29 is 34.4 Å². The molecule has 8 nitrogen and oxygen atoms in total. The molecule has 2 heterocycles. The quantitative estimate of drug-likeness (QED) is 0.500. The van der Waals surface area contributed by atoms with Crippen LogP contribution >= 0.6 is 0 Å². The number of carboxylic acid groups (broad SMARTS) is 1. The molecule has 8 heteroatoms. The SMILES string of the molecule is C[C@@H]1[C@@H]2O[C@@]3(C)C[C@]4(C=CC(=O)[C@@](C)(CCC(=O)Nc5c(O)ccc(C(=O)O)c5O)[C@H]24)C[C@@H]13. The molecule has 176 valence electrons. The molecular weight excluding hydrogens is 426 g/mol. The third kappa shape index (κ3) is 2.89. The standard InChI is InChI=1S/C25H29NO7/c1-12-14-10-25-9-6-16(28)23(2,21(25)20(12)33-24(14,3)11-25)8-7-17(29)26-18-15(27)5-4-13(19(18)30)22(31)32/h4-6,9,12,14,20-21,27,30H,7-8,10-11H2,1-3H3,(H,26,29)(H,31,32)/t12-,14-,20-,21-,23+,24-,25-/m0/s1. The van der Waals surface area contributed by atoms with Crippen LogP contribution in [0.2, 0.25) is 0 Å². The summed E-state index contributed by atoms with van der Waals surface area (Å²) in [5.74, 6) is -2.27. The fourth-order valence-electron chi connectivity index (χ4n) is 7.48. The van der Waals surface area contributed by atoms with E-state index in [0.717, 1.165) is 25.0 Å². The van der Waals surface area contributed by atoms with Crippen molar-refractivity contribution >= 4 is 23.3 Å². The Labute approximate surface area is 191 Å². The van der Waals surface area contributed by atoms with Gasteiger partial charge in [0.1, 0.15) is 17.0 Å².